The second kappa shape index (κ2) is 14.3. The van der Waals surface area contributed by atoms with Gasteiger partial charge in [0, 0.05) is 39.0 Å². The summed E-state index contributed by atoms with van der Waals surface area (Å²) in [5.74, 6) is 1.36. The zero-order valence-corrected chi connectivity index (χ0v) is 17.7. The van der Waals surface area contributed by atoms with Gasteiger partial charge in [-0.05, 0) is 36.2 Å². The summed E-state index contributed by atoms with van der Waals surface area (Å²) in [4.78, 5) is 8.46. The lowest BCUT2D eigenvalue weighted by atomic mass is 10.3. The highest BCUT2D eigenvalue weighted by molar-refractivity contribution is 5.79. The highest BCUT2D eigenvalue weighted by Crippen LogP contribution is 2.19. The Labute approximate surface area is 177 Å². The van der Waals surface area contributed by atoms with E-state index in [2.05, 4.69) is 27.5 Å². The molecule has 2 aromatic rings. The van der Waals surface area contributed by atoms with E-state index in [0.717, 1.165) is 25.0 Å². The SMILES string of the molecule is CCCCOCCOCCNC(=NC)NCc1ccc(Oc2ccc(F)cc2)nc1. The van der Waals surface area contributed by atoms with E-state index in [-0.39, 0.29) is 5.82 Å². The number of rotatable bonds is 13. The van der Waals surface area contributed by atoms with Gasteiger partial charge in [-0.2, -0.15) is 0 Å². The second-order valence-electron chi connectivity index (χ2n) is 6.49. The van der Waals surface area contributed by atoms with Crippen LogP contribution in [0, 0.1) is 5.82 Å². The summed E-state index contributed by atoms with van der Waals surface area (Å²) >= 11 is 0. The first kappa shape index (κ1) is 23.6. The number of aliphatic imine (C=N–C) groups is 1. The fraction of sp³-hybridized carbons (Fsp3) is 0.455. The van der Waals surface area contributed by atoms with E-state index in [1.54, 1.807) is 31.4 Å². The molecule has 0 aliphatic carbocycles. The summed E-state index contributed by atoms with van der Waals surface area (Å²) in [6.07, 6.45) is 3.95. The molecule has 7 nitrogen and oxygen atoms in total. The van der Waals surface area contributed by atoms with Crippen molar-refractivity contribution in [2.75, 3.05) is 40.0 Å². The van der Waals surface area contributed by atoms with Gasteiger partial charge in [0.15, 0.2) is 5.96 Å². The molecule has 0 saturated heterocycles. The summed E-state index contributed by atoms with van der Waals surface area (Å²) in [6.45, 7) is 5.95. The fourth-order valence-electron chi connectivity index (χ4n) is 2.42. The molecule has 8 heteroatoms. The van der Waals surface area contributed by atoms with E-state index >= 15 is 0 Å². The number of nitrogens with zero attached hydrogens (tertiary/aromatic N) is 2. The van der Waals surface area contributed by atoms with Gasteiger partial charge < -0.3 is 24.8 Å². The van der Waals surface area contributed by atoms with Crippen LogP contribution in [0.3, 0.4) is 0 Å². The number of ether oxygens (including phenoxy) is 3. The van der Waals surface area contributed by atoms with Crippen molar-refractivity contribution in [1.29, 1.82) is 0 Å². The third kappa shape index (κ3) is 9.67. The van der Waals surface area contributed by atoms with Crippen LogP contribution >= 0.6 is 0 Å². The van der Waals surface area contributed by atoms with E-state index < -0.39 is 0 Å². The molecule has 0 fully saturated rings. The Hall–Kier alpha value is -2.71. The Balaban J connectivity index is 1.62. The van der Waals surface area contributed by atoms with Gasteiger partial charge in [0.05, 0.1) is 19.8 Å². The van der Waals surface area contributed by atoms with Crippen molar-refractivity contribution in [3.8, 4) is 11.6 Å². The summed E-state index contributed by atoms with van der Waals surface area (Å²) in [5.41, 5.74) is 0.977. The molecule has 0 bridgehead atoms. The third-order valence-electron chi connectivity index (χ3n) is 4.07. The number of nitrogens with one attached hydrogen (secondary N) is 2. The van der Waals surface area contributed by atoms with Gasteiger partial charge in [-0.25, -0.2) is 9.37 Å². The van der Waals surface area contributed by atoms with Gasteiger partial charge in [0.2, 0.25) is 5.88 Å². The van der Waals surface area contributed by atoms with Crippen LogP contribution in [0.2, 0.25) is 0 Å². The fourth-order valence-corrected chi connectivity index (χ4v) is 2.42. The molecule has 2 N–H and O–H groups in total. The molecular weight excluding hydrogens is 387 g/mol. The molecule has 164 valence electrons. The number of hydrogen-bond acceptors (Lipinski definition) is 5. The largest absolute Gasteiger partial charge is 0.439 e. The number of pyridine rings is 1. The van der Waals surface area contributed by atoms with Crippen LogP contribution in [0.4, 0.5) is 4.39 Å². The molecule has 1 aromatic heterocycles. The van der Waals surface area contributed by atoms with Crippen molar-refractivity contribution in [3.63, 3.8) is 0 Å². The minimum atomic E-state index is -0.304. The van der Waals surface area contributed by atoms with Gasteiger partial charge in [-0.15, -0.1) is 0 Å². The van der Waals surface area contributed by atoms with Crippen LogP contribution in [-0.2, 0) is 16.0 Å². The van der Waals surface area contributed by atoms with E-state index in [1.807, 2.05) is 6.07 Å². The molecule has 2 rings (SSSR count). The summed E-state index contributed by atoms with van der Waals surface area (Å²) in [6, 6.07) is 9.49. The van der Waals surface area contributed by atoms with Gasteiger partial charge in [0.25, 0.3) is 0 Å². The summed E-state index contributed by atoms with van der Waals surface area (Å²) in [7, 11) is 1.72. The number of hydrogen-bond donors (Lipinski definition) is 2. The van der Waals surface area contributed by atoms with E-state index in [0.29, 0.717) is 50.5 Å². The van der Waals surface area contributed by atoms with Gasteiger partial charge in [-0.1, -0.05) is 19.4 Å². The predicted octanol–water partition coefficient (Wildman–Crippen LogP) is 3.51. The predicted molar refractivity (Wildman–Crippen MR) is 115 cm³/mol. The van der Waals surface area contributed by atoms with Crippen molar-refractivity contribution in [1.82, 2.24) is 15.6 Å². The second-order valence-corrected chi connectivity index (χ2v) is 6.49. The van der Waals surface area contributed by atoms with Crippen LogP contribution in [0.15, 0.2) is 47.6 Å². The summed E-state index contributed by atoms with van der Waals surface area (Å²) < 4.78 is 29.5. The van der Waals surface area contributed by atoms with Crippen molar-refractivity contribution < 1.29 is 18.6 Å². The van der Waals surface area contributed by atoms with Crippen molar-refractivity contribution in [2.45, 2.75) is 26.3 Å². The smallest absolute Gasteiger partial charge is 0.219 e. The van der Waals surface area contributed by atoms with E-state index in [9.17, 15) is 4.39 Å². The maximum absolute atomic E-state index is 12.9. The van der Waals surface area contributed by atoms with Crippen LogP contribution in [0.1, 0.15) is 25.3 Å². The number of halogens is 1. The van der Waals surface area contributed by atoms with E-state index in [4.69, 9.17) is 14.2 Å². The molecular formula is C22H31FN4O3. The molecule has 0 unspecified atom stereocenters. The number of guanidine groups is 1. The van der Waals surface area contributed by atoms with Crippen LogP contribution in [-0.4, -0.2) is 51.0 Å². The molecule has 0 radical (unpaired) electrons. The molecule has 0 atom stereocenters. The zero-order valence-electron chi connectivity index (χ0n) is 17.7. The Bertz CT molecular complexity index is 739. The molecule has 1 aromatic carbocycles. The molecule has 30 heavy (non-hydrogen) atoms. The number of benzene rings is 1. The van der Waals surface area contributed by atoms with Crippen molar-refractivity contribution >= 4 is 5.96 Å². The maximum atomic E-state index is 12.9. The van der Waals surface area contributed by atoms with E-state index in [1.165, 1.54) is 12.1 Å². The molecule has 0 saturated carbocycles. The van der Waals surface area contributed by atoms with Crippen LogP contribution in [0.5, 0.6) is 11.6 Å². The Kier molecular flexibility index (Phi) is 11.2. The quantitative estimate of drug-likeness (QED) is 0.295. The lowest BCUT2D eigenvalue weighted by Crippen LogP contribution is -2.38. The number of aromatic nitrogens is 1. The standard InChI is InChI=1S/C22H31FN4O3/c1-3-4-12-28-14-15-29-13-11-25-22(24-2)27-17-18-5-10-21(26-16-18)30-20-8-6-19(23)7-9-20/h5-10,16H,3-4,11-15,17H2,1-2H3,(H2,24,25,27). The molecule has 0 aliphatic rings. The lowest BCUT2D eigenvalue weighted by molar-refractivity contribution is 0.0487. The maximum Gasteiger partial charge on any atom is 0.219 e. The molecule has 1 heterocycles. The van der Waals surface area contributed by atoms with Crippen LogP contribution < -0.4 is 15.4 Å². The first-order valence-electron chi connectivity index (χ1n) is 10.2. The van der Waals surface area contributed by atoms with Crippen molar-refractivity contribution in [3.05, 3.63) is 54.0 Å². The van der Waals surface area contributed by atoms with Crippen molar-refractivity contribution in [2.24, 2.45) is 4.99 Å². The van der Waals surface area contributed by atoms with Gasteiger partial charge in [0.1, 0.15) is 11.6 Å². The molecule has 0 aliphatic heterocycles. The normalized spacial score (nSPS) is 11.4. The number of unbranched alkanes of at least 4 members (excludes halogenated alkanes) is 1. The van der Waals surface area contributed by atoms with Gasteiger partial charge >= 0.3 is 0 Å². The first-order chi connectivity index (χ1) is 14.7. The molecule has 0 amide bonds. The average Bonchev–Trinajstić information content (AvgIpc) is 2.77. The zero-order chi connectivity index (χ0) is 21.4. The van der Waals surface area contributed by atoms with Gasteiger partial charge in [-0.3, -0.25) is 4.99 Å². The molecule has 0 spiro atoms. The van der Waals surface area contributed by atoms with Crippen LogP contribution in [0.25, 0.3) is 0 Å². The average molecular weight is 419 g/mol. The highest BCUT2D eigenvalue weighted by Gasteiger charge is 2.02. The Morgan fingerprint density at radius 1 is 1.00 bits per heavy atom. The Morgan fingerprint density at radius 2 is 1.77 bits per heavy atom. The first-order valence-corrected chi connectivity index (χ1v) is 10.2. The monoisotopic (exact) mass is 418 g/mol. The summed E-state index contributed by atoms with van der Waals surface area (Å²) in [5, 5.41) is 6.42. The highest BCUT2D eigenvalue weighted by atomic mass is 19.1. The topological polar surface area (TPSA) is 77.0 Å². The lowest BCUT2D eigenvalue weighted by Gasteiger charge is -2.12. The third-order valence-corrected chi connectivity index (χ3v) is 4.07. The minimum Gasteiger partial charge on any atom is -0.439 e. The minimum absolute atomic E-state index is 0.304. The Morgan fingerprint density at radius 3 is 2.43 bits per heavy atom.